The van der Waals surface area contributed by atoms with E-state index in [0.29, 0.717) is 6.54 Å². The molecule has 0 aliphatic heterocycles. The van der Waals surface area contributed by atoms with Crippen LogP contribution in [0.4, 0.5) is 0 Å². The summed E-state index contributed by atoms with van der Waals surface area (Å²) in [6.45, 7) is 9.79. The maximum absolute atomic E-state index is 13.1. The van der Waals surface area contributed by atoms with Crippen molar-refractivity contribution < 1.29 is 4.79 Å². The first-order valence-corrected chi connectivity index (χ1v) is 10.1. The van der Waals surface area contributed by atoms with Gasteiger partial charge in [0.25, 0.3) is 5.91 Å². The minimum absolute atomic E-state index is 0.0840. The van der Waals surface area contributed by atoms with Gasteiger partial charge in [-0.3, -0.25) is 4.79 Å². The van der Waals surface area contributed by atoms with Gasteiger partial charge in [-0.1, -0.05) is 48.9 Å². The van der Waals surface area contributed by atoms with Gasteiger partial charge in [0.1, 0.15) is 0 Å². The highest BCUT2D eigenvalue weighted by Crippen LogP contribution is 2.16. The lowest BCUT2D eigenvalue weighted by Crippen LogP contribution is -2.37. The van der Waals surface area contributed by atoms with Gasteiger partial charge in [-0.15, -0.1) is 0 Å². The molecule has 0 aliphatic carbocycles. The van der Waals surface area contributed by atoms with Crippen LogP contribution in [-0.2, 0) is 19.5 Å². The van der Waals surface area contributed by atoms with Crippen molar-refractivity contribution in [3.8, 4) is 0 Å². The molecule has 1 heterocycles. The standard InChI is InChI=1S/C25H30N2O/c1-5-21-12-14-23(15-13-21)25(28)27(19(2)3)18-24-7-6-16-26(24)17-22-10-8-20(4)9-11-22/h6-16,19H,5,17-18H2,1-4H3. The molecule has 0 radical (unpaired) electrons. The van der Waals surface area contributed by atoms with Crippen molar-refractivity contribution in [3.05, 3.63) is 94.8 Å². The molecule has 28 heavy (non-hydrogen) atoms. The van der Waals surface area contributed by atoms with E-state index in [9.17, 15) is 4.79 Å². The van der Waals surface area contributed by atoms with Gasteiger partial charge >= 0.3 is 0 Å². The third-order valence-electron chi connectivity index (χ3n) is 5.22. The quantitative estimate of drug-likeness (QED) is 0.539. The number of amides is 1. The van der Waals surface area contributed by atoms with E-state index in [1.54, 1.807) is 0 Å². The van der Waals surface area contributed by atoms with Crippen LogP contribution in [0.1, 0.15) is 53.5 Å². The average Bonchev–Trinajstić information content (AvgIpc) is 3.14. The summed E-state index contributed by atoms with van der Waals surface area (Å²) in [5.74, 6) is 0.0840. The van der Waals surface area contributed by atoms with Crippen LogP contribution < -0.4 is 0 Å². The smallest absolute Gasteiger partial charge is 0.254 e. The molecule has 146 valence electrons. The molecule has 0 fully saturated rings. The Balaban J connectivity index is 1.78. The van der Waals surface area contributed by atoms with Crippen LogP contribution in [0.25, 0.3) is 0 Å². The molecule has 0 bridgehead atoms. The van der Waals surface area contributed by atoms with Crippen LogP contribution in [0, 0.1) is 6.92 Å². The first-order valence-electron chi connectivity index (χ1n) is 10.1. The molecule has 0 saturated heterocycles. The molecule has 1 amide bonds. The Morgan fingerprint density at radius 3 is 2.21 bits per heavy atom. The summed E-state index contributed by atoms with van der Waals surface area (Å²) >= 11 is 0. The summed E-state index contributed by atoms with van der Waals surface area (Å²) in [6.07, 6.45) is 3.07. The van der Waals surface area contributed by atoms with Crippen LogP contribution in [0.5, 0.6) is 0 Å². The molecule has 0 N–H and O–H groups in total. The zero-order valence-corrected chi connectivity index (χ0v) is 17.4. The topological polar surface area (TPSA) is 25.2 Å². The van der Waals surface area contributed by atoms with Crippen LogP contribution in [0.15, 0.2) is 66.9 Å². The van der Waals surface area contributed by atoms with Crippen molar-refractivity contribution in [2.45, 2.75) is 53.2 Å². The molecule has 3 nitrogen and oxygen atoms in total. The summed E-state index contributed by atoms with van der Waals surface area (Å²) in [5.41, 5.74) is 5.68. The third kappa shape index (κ3) is 4.72. The van der Waals surface area contributed by atoms with E-state index in [1.807, 2.05) is 29.2 Å². The average molecular weight is 375 g/mol. The van der Waals surface area contributed by atoms with E-state index < -0.39 is 0 Å². The van der Waals surface area contributed by atoms with E-state index in [4.69, 9.17) is 0 Å². The lowest BCUT2D eigenvalue weighted by atomic mass is 10.1. The van der Waals surface area contributed by atoms with Gasteiger partial charge in [-0.2, -0.15) is 0 Å². The molecule has 0 aliphatic rings. The van der Waals surface area contributed by atoms with E-state index in [2.05, 4.69) is 74.9 Å². The maximum atomic E-state index is 13.1. The Morgan fingerprint density at radius 1 is 0.964 bits per heavy atom. The lowest BCUT2D eigenvalue weighted by Gasteiger charge is -2.27. The molecule has 1 aromatic heterocycles. The number of benzene rings is 2. The Hall–Kier alpha value is -2.81. The summed E-state index contributed by atoms with van der Waals surface area (Å²) in [4.78, 5) is 15.1. The Morgan fingerprint density at radius 2 is 1.61 bits per heavy atom. The number of hydrogen-bond donors (Lipinski definition) is 0. The number of hydrogen-bond acceptors (Lipinski definition) is 1. The van der Waals surface area contributed by atoms with E-state index in [-0.39, 0.29) is 11.9 Å². The normalized spacial score (nSPS) is 11.0. The molecular formula is C25H30N2O. The number of rotatable bonds is 7. The van der Waals surface area contributed by atoms with Gasteiger partial charge in [0.15, 0.2) is 0 Å². The highest BCUT2D eigenvalue weighted by Gasteiger charge is 2.20. The minimum atomic E-state index is 0.0840. The van der Waals surface area contributed by atoms with Gasteiger partial charge in [-0.25, -0.2) is 0 Å². The summed E-state index contributed by atoms with van der Waals surface area (Å²) in [6, 6.07) is 20.9. The second-order valence-corrected chi connectivity index (χ2v) is 7.69. The fourth-order valence-electron chi connectivity index (χ4n) is 3.35. The molecule has 0 atom stereocenters. The highest BCUT2D eigenvalue weighted by atomic mass is 16.2. The molecular weight excluding hydrogens is 344 g/mol. The Kier molecular flexibility index (Phi) is 6.35. The Bertz CT molecular complexity index is 904. The molecule has 3 aromatic rings. The maximum Gasteiger partial charge on any atom is 0.254 e. The molecule has 0 unspecified atom stereocenters. The third-order valence-corrected chi connectivity index (χ3v) is 5.22. The van der Waals surface area contributed by atoms with Crippen LogP contribution >= 0.6 is 0 Å². The molecule has 3 heteroatoms. The van der Waals surface area contributed by atoms with Crippen molar-refractivity contribution in [1.29, 1.82) is 0 Å². The highest BCUT2D eigenvalue weighted by molar-refractivity contribution is 5.94. The first kappa shape index (κ1) is 19.9. The second kappa shape index (κ2) is 8.92. The van der Waals surface area contributed by atoms with Gasteiger partial charge in [0.05, 0.1) is 6.54 Å². The van der Waals surface area contributed by atoms with Gasteiger partial charge in [0.2, 0.25) is 0 Å². The zero-order valence-electron chi connectivity index (χ0n) is 17.4. The van der Waals surface area contributed by atoms with Crippen LogP contribution in [-0.4, -0.2) is 21.4 Å². The second-order valence-electron chi connectivity index (χ2n) is 7.69. The van der Waals surface area contributed by atoms with Crippen LogP contribution in [0.2, 0.25) is 0 Å². The van der Waals surface area contributed by atoms with Crippen molar-refractivity contribution in [2.24, 2.45) is 0 Å². The van der Waals surface area contributed by atoms with Crippen molar-refractivity contribution in [1.82, 2.24) is 9.47 Å². The van der Waals surface area contributed by atoms with Crippen molar-refractivity contribution in [3.63, 3.8) is 0 Å². The van der Waals surface area contributed by atoms with E-state index >= 15 is 0 Å². The van der Waals surface area contributed by atoms with Gasteiger partial charge in [-0.05, 0) is 62.6 Å². The predicted octanol–water partition coefficient (Wildman–Crippen LogP) is 5.46. The largest absolute Gasteiger partial charge is 0.345 e. The minimum Gasteiger partial charge on any atom is -0.345 e. The fraction of sp³-hybridized carbons (Fsp3) is 0.320. The van der Waals surface area contributed by atoms with Crippen molar-refractivity contribution in [2.75, 3.05) is 0 Å². The number of aryl methyl sites for hydroxylation is 2. The number of carbonyl (C=O) groups excluding carboxylic acids is 1. The number of aromatic nitrogens is 1. The summed E-state index contributed by atoms with van der Waals surface area (Å²) < 4.78 is 2.23. The molecule has 3 rings (SSSR count). The van der Waals surface area contributed by atoms with Crippen molar-refractivity contribution >= 4 is 5.91 Å². The number of carbonyl (C=O) groups is 1. The number of nitrogens with zero attached hydrogens (tertiary/aromatic N) is 2. The zero-order chi connectivity index (χ0) is 20.1. The van der Waals surface area contributed by atoms with Gasteiger partial charge in [0, 0.05) is 30.0 Å². The molecule has 2 aromatic carbocycles. The Labute approximate surface area is 168 Å². The monoisotopic (exact) mass is 374 g/mol. The summed E-state index contributed by atoms with van der Waals surface area (Å²) in [7, 11) is 0. The van der Waals surface area contributed by atoms with Crippen LogP contribution in [0.3, 0.4) is 0 Å². The van der Waals surface area contributed by atoms with E-state index in [1.165, 1.54) is 16.7 Å². The lowest BCUT2D eigenvalue weighted by molar-refractivity contribution is 0.0686. The fourth-order valence-corrected chi connectivity index (χ4v) is 3.35. The predicted molar refractivity (Wildman–Crippen MR) is 116 cm³/mol. The molecule has 0 spiro atoms. The first-order chi connectivity index (χ1) is 13.5. The summed E-state index contributed by atoms with van der Waals surface area (Å²) in [5, 5.41) is 0. The SMILES string of the molecule is CCc1ccc(C(=O)N(Cc2cccn2Cc2ccc(C)cc2)C(C)C)cc1. The van der Waals surface area contributed by atoms with Gasteiger partial charge < -0.3 is 9.47 Å². The van der Waals surface area contributed by atoms with E-state index in [0.717, 1.165) is 24.2 Å². The molecule has 0 saturated carbocycles.